The molecule has 1 saturated heterocycles. The zero-order valence-corrected chi connectivity index (χ0v) is 15.1. The van der Waals surface area contributed by atoms with Gasteiger partial charge in [-0.2, -0.15) is 0 Å². The van der Waals surface area contributed by atoms with Crippen molar-refractivity contribution in [3.8, 4) is 0 Å². The monoisotopic (exact) mass is 357 g/mol. The Hall–Kier alpha value is -2.60. The normalized spacial score (nSPS) is 15.4. The van der Waals surface area contributed by atoms with E-state index >= 15 is 0 Å². The van der Waals surface area contributed by atoms with Gasteiger partial charge in [0.25, 0.3) is 0 Å². The first-order valence-corrected chi connectivity index (χ1v) is 8.79. The highest BCUT2D eigenvalue weighted by molar-refractivity contribution is 5.96. The Labute approximate surface area is 153 Å². The van der Waals surface area contributed by atoms with E-state index in [1.807, 2.05) is 24.3 Å². The Morgan fingerprint density at radius 2 is 1.77 bits per heavy atom. The van der Waals surface area contributed by atoms with E-state index in [1.54, 1.807) is 26.0 Å². The molecular formula is C20H24FN3O2. The molecule has 2 N–H and O–H groups in total. The molecule has 5 nitrogen and oxygen atoms in total. The maximum absolute atomic E-state index is 13.6. The molecule has 1 aliphatic heterocycles. The molecule has 0 radical (unpaired) electrons. The molecule has 1 amide bonds. The largest absolute Gasteiger partial charge is 0.378 e. The summed E-state index contributed by atoms with van der Waals surface area (Å²) in [6, 6.07) is 12.1. The van der Waals surface area contributed by atoms with Crippen molar-refractivity contribution in [3.05, 3.63) is 53.8 Å². The second kappa shape index (κ2) is 8.19. The van der Waals surface area contributed by atoms with Crippen LogP contribution in [0.15, 0.2) is 42.5 Å². The van der Waals surface area contributed by atoms with Crippen LogP contribution in [0.2, 0.25) is 0 Å². The lowest BCUT2D eigenvalue weighted by atomic mass is 10.2. The number of aryl methyl sites for hydroxylation is 1. The van der Waals surface area contributed by atoms with Crippen molar-refractivity contribution in [2.45, 2.75) is 19.9 Å². The van der Waals surface area contributed by atoms with Crippen LogP contribution in [-0.4, -0.2) is 38.3 Å². The van der Waals surface area contributed by atoms with Crippen LogP contribution < -0.4 is 15.5 Å². The van der Waals surface area contributed by atoms with Crippen molar-refractivity contribution in [3.63, 3.8) is 0 Å². The van der Waals surface area contributed by atoms with E-state index in [2.05, 4.69) is 15.5 Å². The summed E-state index contributed by atoms with van der Waals surface area (Å²) < 4.78 is 19.0. The number of carbonyl (C=O) groups excluding carboxylic acids is 1. The smallest absolute Gasteiger partial charge is 0.246 e. The number of halogens is 1. The van der Waals surface area contributed by atoms with Crippen molar-refractivity contribution >= 4 is 23.0 Å². The van der Waals surface area contributed by atoms with Gasteiger partial charge in [0, 0.05) is 30.2 Å². The first-order valence-electron chi connectivity index (χ1n) is 8.79. The maximum atomic E-state index is 13.6. The standard InChI is InChI=1S/C20H24FN3O2/c1-14-3-4-17(13-19(14)21)22-15(2)20(25)23-16-5-7-18(8-6-16)24-9-11-26-12-10-24/h3-8,13,15,22H,9-12H2,1-2H3,(H,23,25)/t15-/m0/s1. The highest BCUT2D eigenvalue weighted by Gasteiger charge is 2.14. The second-order valence-electron chi connectivity index (χ2n) is 6.47. The van der Waals surface area contributed by atoms with E-state index in [9.17, 15) is 9.18 Å². The van der Waals surface area contributed by atoms with Crippen molar-refractivity contribution < 1.29 is 13.9 Å². The van der Waals surface area contributed by atoms with Crippen LogP contribution in [-0.2, 0) is 9.53 Å². The number of nitrogens with one attached hydrogen (secondary N) is 2. The van der Waals surface area contributed by atoms with Crippen LogP contribution >= 0.6 is 0 Å². The van der Waals surface area contributed by atoms with Gasteiger partial charge in [0.05, 0.1) is 13.2 Å². The summed E-state index contributed by atoms with van der Waals surface area (Å²) >= 11 is 0. The molecule has 2 aromatic carbocycles. The fourth-order valence-electron chi connectivity index (χ4n) is 2.83. The van der Waals surface area contributed by atoms with E-state index in [0.717, 1.165) is 37.7 Å². The van der Waals surface area contributed by atoms with Gasteiger partial charge >= 0.3 is 0 Å². The molecule has 138 valence electrons. The highest BCUT2D eigenvalue weighted by Crippen LogP contribution is 2.20. The fourth-order valence-corrected chi connectivity index (χ4v) is 2.83. The quantitative estimate of drug-likeness (QED) is 0.861. The van der Waals surface area contributed by atoms with Gasteiger partial charge < -0.3 is 20.3 Å². The van der Waals surface area contributed by atoms with Gasteiger partial charge in [-0.25, -0.2) is 4.39 Å². The van der Waals surface area contributed by atoms with Crippen molar-refractivity contribution in [2.75, 3.05) is 41.8 Å². The molecule has 0 saturated carbocycles. The SMILES string of the molecule is Cc1ccc(N[C@@H](C)C(=O)Nc2ccc(N3CCOCC3)cc2)cc1F. The van der Waals surface area contributed by atoms with Crippen LogP contribution in [0.1, 0.15) is 12.5 Å². The number of carbonyl (C=O) groups is 1. The van der Waals surface area contributed by atoms with E-state index in [1.165, 1.54) is 6.07 Å². The molecule has 0 aliphatic carbocycles. The summed E-state index contributed by atoms with van der Waals surface area (Å²) in [6.07, 6.45) is 0. The molecule has 3 rings (SSSR count). The Balaban J connectivity index is 1.57. The molecule has 1 heterocycles. The topological polar surface area (TPSA) is 53.6 Å². The lowest BCUT2D eigenvalue weighted by Crippen LogP contribution is -2.36. The van der Waals surface area contributed by atoms with Crippen LogP contribution in [0.3, 0.4) is 0 Å². The number of hydrogen-bond donors (Lipinski definition) is 2. The van der Waals surface area contributed by atoms with Gasteiger partial charge in [-0.1, -0.05) is 6.07 Å². The van der Waals surface area contributed by atoms with Gasteiger partial charge in [0.2, 0.25) is 5.91 Å². The Bertz CT molecular complexity index is 758. The predicted octanol–water partition coefficient (Wildman–Crippen LogP) is 3.41. The van der Waals surface area contributed by atoms with Crippen molar-refractivity contribution in [1.82, 2.24) is 0 Å². The first-order chi connectivity index (χ1) is 12.5. The van der Waals surface area contributed by atoms with Crippen molar-refractivity contribution in [2.24, 2.45) is 0 Å². The summed E-state index contributed by atoms with van der Waals surface area (Å²) in [5, 5.41) is 5.90. The first kappa shape index (κ1) is 18.2. The van der Waals surface area contributed by atoms with Gasteiger partial charge in [-0.05, 0) is 55.8 Å². The Morgan fingerprint density at radius 1 is 1.12 bits per heavy atom. The number of hydrogen-bond acceptors (Lipinski definition) is 4. The Kier molecular flexibility index (Phi) is 5.73. The molecule has 1 aliphatic rings. The second-order valence-corrected chi connectivity index (χ2v) is 6.47. The lowest BCUT2D eigenvalue weighted by Gasteiger charge is -2.29. The number of ether oxygens (including phenoxy) is 1. The molecule has 0 bridgehead atoms. The van der Waals surface area contributed by atoms with Crippen molar-refractivity contribution in [1.29, 1.82) is 0 Å². The summed E-state index contributed by atoms with van der Waals surface area (Å²) in [5.41, 5.74) is 3.01. The summed E-state index contributed by atoms with van der Waals surface area (Å²) in [6.45, 7) is 6.67. The van der Waals surface area contributed by atoms with Crippen LogP contribution in [0, 0.1) is 12.7 Å². The fraction of sp³-hybridized carbons (Fsp3) is 0.350. The molecule has 1 atom stereocenters. The third-order valence-electron chi connectivity index (χ3n) is 4.46. The average molecular weight is 357 g/mol. The summed E-state index contributed by atoms with van der Waals surface area (Å²) in [5.74, 6) is -0.466. The zero-order valence-electron chi connectivity index (χ0n) is 15.1. The van der Waals surface area contributed by atoms with E-state index < -0.39 is 6.04 Å². The van der Waals surface area contributed by atoms with Gasteiger partial charge in [-0.15, -0.1) is 0 Å². The average Bonchev–Trinajstić information content (AvgIpc) is 2.66. The van der Waals surface area contributed by atoms with Crippen LogP contribution in [0.4, 0.5) is 21.5 Å². The molecule has 2 aromatic rings. The Morgan fingerprint density at radius 3 is 2.42 bits per heavy atom. The number of rotatable bonds is 5. The van der Waals surface area contributed by atoms with Crippen LogP contribution in [0.5, 0.6) is 0 Å². The maximum Gasteiger partial charge on any atom is 0.246 e. The summed E-state index contributed by atoms with van der Waals surface area (Å²) in [7, 11) is 0. The van der Waals surface area contributed by atoms with Crippen LogP contribution in [0.25, 0.3) is 0 Å². The number of benzene rings is 2. The minimum Gasteiger partial charge on any atom is -0.378 e. The minimum absolute atomic E-state index is 0.176. The van der Waals surface area contributed by atoms with E-state index in [0.29, 0.717) is 11.3 Å². The van der Waals surface area contributed by atoms with Gasteiger partial charge in [0.1, 0.15) is 11.9 Å². The number of morpholine rings is 1. The molecular weight excluding hydrogens is 333 g/mol. The molecule has 1 fully saturated rings. The number of amides is 1. The molecule has 0 aromatic heterocycles. The molecule has 0 spiro atoms. The van der Waals surface area contributed by atoms with E-state index in [4.69, 9.17) is 4.74 Å². The highest BCUT2D eigenvalue weighted by atomic mass is 19.1. The number of nitrogens with zero attached hydrogens (tertiary/aromatic N) is 1. The van der Waals surface area contributed by atoms with E-state index in [-0.39, 0.29) is 11.7 Å². The zero-order chi connectivity index (χ0) is 18.5. The minimum atomic E-state index is -0.490. The summed E-state index contributed by atoms with van der Waals surface area (Å²) in [4.78, 5) is 14.6. The molecule has 0 unspecified atom stereocenters. The molecule has 26 heavy (non-hydrogen) atoms. The third-order valence-corrected chi connectivity index (χ3v) is 4.46. The predicted molar refractivity (Wildman–Crippen MR) is 102 cm³/mol. The van der Waals surface area contributed by atoms with Gasteiger partial charge in [0.15, 0.2) is 0 Å². The number of anilines is 3. The molecule has 6 heteroatoms. The lowest BCUT2D eigenvalue weighted by molar-refractivity contribution is -0.116. The van der Waals surface area contributed by atoms with Gasteiger partial charge in [-0.3, -0.25) is 4.79 Å². The third kappa shape index (κ3) is 4.52.